The highest BCUT2D eigenvalue weighted by Gasteiger charge is 2.26. The first-order valence-corrected chi connectivity index (χ1v) is 5.36. The van der Waals surface area contributed by atoms with Gasteiger partial charge in [0.15, 0.2) is 0 Å². The van der Waals surface area contributed by atoms with Crippen molar-refractivity contribution >= 4 is 21.6 Å². The Morgan fingerprint density at radius 3 is 2.62 bits per heavy atom. The smallest absolute Gasteiger partial charge is 0.390 e. The van der Waals surface area contributed by atoms with Crippen molar-refractivity contribution in [3.05, 3.63) is 22.7 Å². The van der Waals surface area contributed by atoms with Crippen LogP contribution in [0.1, 0.15) is 6.42 Å². The molecule has 2 nitrogen and oxygen atoms in total. The molecule has 0 spiro atoms. The van der Waals surface area contributed by atoms with Crippen LogP contribution in [-0.4, -0.2) is 19.8 Å². The number of nitrogens with one attached hydrogen (secondary N) is 1. The fourth-order valence-electron chi connectivity index (χ4n) is 1.11. The van der Waals surface area contributed by atoms with E-state index in [1.54, 1.807) is 18.2 Å². The Labute approximate surface area is 99.9 Å². The van der Waals surface area contributed by atoms with E-state index in [0.717, 1.165) is 0 Å². The number of anilines is 1. The summed E-state index contributed by atoms with van der Waals surface area (Å²) in [6, 6.07) is 5.08. The molecule has 0 aromatic heterocycles. The SMILES string of the molecule is COc1ccc(Br)c(NCCC(F)(F)F)c1. The lowest BCUT2D eigenvalue weighted by molar-refractivity contribution is -0.131. The van der Waals surface area contributed by atoms with Crippen molar-refractivity contribution in [3.63, 3.8) is 0 Å². The molecule has 1 aromatic carbocycles. The average molecular weight is 298 g/mol. The molecule has 1 N–H and O–H groups in total. The molecule has 0 atom stereocenters. The van der Waals surface area contributed by atoms with Gasteiger partial charge >= 0.3 is 6.18 Å². The van der Waals surface area contributed by atoms with Crippen molar-refractivity contribution in [2.75, 3.05) is 19.0 Å². The van der Waals surface area contributed by atoms with Crippen LogP contribution in [0.5, 0.6) is 5.75 Å². The van der Waals surface area contributed by atoms with E-state index in [1.165, 1.54) is 7.11 Å². The van der Waals surface area contributed by atoms with Gasteiger partial charge in [-0.25, -0.2) is 0 Å². The molecule has 0 heterocycles. The highest BCUT2D eigenvalue weighted by atomic mass is 79.9. The Balaban J connectivity index is 2.59. The molecule has 0 fully saturated rings. The minimum absolute atomic E-state index is 0.157. The van der Waals surface area contributed by atoms with E-state index < -0.39 is 12.6 Å². The molecule has 0 aliphatic carbocycles. The van der Waals surface area contributed by atoms with E-state index in [-0.39, 0.29) is 6.54 Å². The molecule has 0 saturated heterocycles. The third kappa shape index (κ3) is 4.30. The zero-order valence-electron chi connectivity index (χ0n) is 8.57. The molecule has 1 rings (SSSR count). The van der Waals surface area contributed by atoms with Crippen LogP contribution in [-0.2, 0) is 0 Å². The third-order valence-corrected chi connectivity index (χ3v) is 2.59. The van der Waals surface area contributed by atoms with Gasteiger partial charge in [0.2, 0.25) is 0 Å². The van der Waals surface area contributed by atoms with Gasteiger partial charge in [-0.05, 0) is 28.1 Å². The monoisotopic (exact) mass is 297 g/mol. The first-order chi connectivity index (χ1) is 7.42. The lowest BCUT2D eigenvalue weighted by atomic mass is 10.3. The fourth-order valence-corrected chi connectivity index (χ4v) is 1.49. The molecule has 0 aliphatic heterocycles. The first-order valence-electron chi connectivity index (χ1n) is 4.56. The van der Waals surface area contributed by atoms with Crippen molar-refractivity contribution in [2.24, 2.45) is 0 Å². The molecule has 6 heteroatoms. The normalized spacial score (nSPS) is 11.3. The van der Waals surface area contributed by atoms with Crippen LogP contribution in [0.15, 0.2) is 22.7 Å². The lowest BCUT2D eigenvalue weighted by Gasteiger charge is -2.11. The summed E-state index contributed by atoms with van der Waals surface area (Å²) in [4.78, 5) is 0. The van der Waals surface area contributed by atoms with Gasteiger partial charge in [-0.15, -0.1) is 0 Å². The average Bonchev–Trinajstić information content (AvgIpc) is 2.19. The van der Waals surface area contributed by atoms with Gasteiger partial charge in [0.25, 0.3) is 0 Å². The highest BCUT2D eigenvalue weighted by Crippen LogP contribution is 2.27. The van der Waals surface area contributed by atoms with Crippen LogP contribution in [0.25, 0.3) is 0 Å². The maximum atomic E-state index is 11.9. The molecule has 0 aliphatic rings. The molecule has 0 unspecified atom stereocenters. The van der Waals surface area contributed by atoms with Crippen LogP contribution in [0, 0.1) is 0 Å². The summed E-state index contributed by atoms with van der Waals surface area (Å²) in [6.45, 7) is -0.157. The number of halogens is 4. The standard InChI is InChI=1S/C10H11BrF3NO/c1-16-7-2-3-8(11)9(6-7)15-5-4-10(12,13)14/h2-3,6,15H,4-5H2,1H3. The van der Waals surface area contributed by atoms with E-state index in [9.17, 15) is 13.2 Å². The summed E-state index contributed by atoms with van der Waals surface area (Å²) in [5.74, 6) is 0.595. The van der Waals surface area contributed by atoms with Crippen molar-refractivity contribution < 1.29 is 17.9 Å². The number of alkyl halides is 3. The highest BCUT2D eigenvalue weighted by molar-refractivity contribution is 9.10. The second kappa shape index (κ2) is 5.43. The summed E-state index contributed by atoms with van der Waals surface area (Å²) in [6.07, 6.45) is -5.00. The topological polar surface area (TPSA) is 21.3 Å². The van der Waals surface area contributed by atoms with Crippen LogP contribution in [0.4, 0.5) is 18.9 Å². The number of hydrogen-bond donors (Lipinski definition) is 1. The Kier molecular flexibility index (Phi) is 4.46. The molecule has 0 saturated carbocycles. The molecule has 16 heavy (non-hydrogen) atoms. The van der Waals surface area contributed by atoms with Gasteiger partial charge in [0.1, 0.15) is 5.75 Å². The summed E-state index contributed by atoms with van der Waals surface area (Å²) in [5.41, 5.74) is 0.587. The minimum Gasteiger partial charge on any atom is -0.497 e. The summed E-state index contributed by atoms with van der Waals surface area (Å²) < 4.78 is 41.5. The van der Waals surface area contributed by atoms with Gasteiger partial charge in [0.05, 0.1) is 19.2 Å². The summed E-state index contributed by atoms with van der Waals surface area (Å²) >= 11 is 3.24. The number of ether oxygens (including phenoxy) is 1. The quantitative estimate of drug-likeness (QED) is 0.912. The summed E-state index contributed by atoms with van der Waals surface area (Å²) in [5, 5.41) is 2.70. The second-order valence-corrected chi connectivity index (χ2v) is 3.99. The van der Waals surface area contributed by atoms with E-state index in [0.29, 0.717) is 15.9 Å². The van der Waals surface area contributed by atoms with Gasteiger partial charge in [-0.2, -0.15) is 13.2 Å². The predicted molar refractivity (Wildman–Crippen MR) is 59.9 cm³/mol. The Bertz CT molecular complexity index is 354. The molecular formula is C10H11BrF3NO. The number of rotatable bonds is 4. The molecule has 0 radical (unpaired) electrons. The van der Waals surface area contributed by atoms with Gasteiger partial charge in [-0.3, -0.25) is 0 Å². The third-order valence-electron chi connectivity index (χ3n) is 1.90. The number of methoxy groups -OCH3 is 1. The van der Waals surface area contributed by atoms with Crippen LogP contribution < -0.4 is 10.1 Å². The minimum atomic E-state index is -4.14. The van der Waals surface area contributed by atoms with Gasteiger partial charge < -0.3 is 10.1 Å². The maximum absolute atomic E-state index is 11.9. The van der Waals surface area contributed by atoms with Gasteiger partial charge in [0, 0.05) is 17.1 Å². The molecule has 0 amide bonds. The Morgan fingerprint density at radius 1 is 1.38 bits per heavy atom. The predicted octanol–water partition coefficient (Wildman–Crippen LogP) is 3.82. The van der Waals surface area contributed by atoms with Crippen LogP contribution in [0.2, 0.25) is 0 Å². The molecule has 1 aromatic rings. The summed E-state index contributed by atoms with van der Waals surface area (Å²) in [7, 11) is 1.50. The first kappa shape index (κ1) is 13.2. The lowest BCUT2D eigenvalue weighted by Crippen LogP contribution is -2.14. The van der Waals surface area contributed by atoms with E-state index in [4.69, 9.17) is 4.74 Å². The Morgan fingerprint density at radius 2 is 2.06 bits per heavy atom. The number of hydrogen-bond acceptors (Lipinski definition) is 2. The fraction of sp³-hybridized carbons (Fsp3) is 0.400. The Hall–Kier alpha value is -0.910. The van der Waals surface area contributed by atoms with Crippen molar-refractivity contribution in [1.82, 2.24) is 0 Å². The van der Waals surface area contributed by atoms with Gasteiger partial charge in [-0.1, -0.05) is 0 Å². The molecule has 90 valence electrons. The van der Waals surface area contributed by atoms with Crippen molar-refractivity contribution in [1.29, 1.82) is 0 Å². The van der Waals surface area contributed by atoms with Crippen molar-refractivity contribution in [3.8, 4) is 5.75 Å². The second-order valence-electron chi connectivity index (χ2n) is 3.14. The molecular weight excluding hydrogens is 287 g/mol. The van der Waals surface area contributed by atoms with E-state index in [1.807, 2.05) is 0 Å². The maximum Gasteiger partial charge on any atom is 0.390 e. The molecule has 0 bridgehead atoms. The number of benzene rings is 1. The van der Waals surface area contributed by atoms with E-state index >= 15 is 0 Å². The van der Waals surface area contributed by atoms with Crippen LogP contribution in [0.3, 0.4) is 0 Å². The largest absolute Gasteiger partial charge is 0.497 e. The zero-order valence-corrected chi connectivity index (χ0v) is 10.2. The zero-order chi connectivity index (χ0) is 12.2. The van der Waals surface area contributed by atoms with Crippen LogP contribution >= 0.6 is 15.9 Å². The van der Waals surface area contributed by atoms with E-state index in [2.05, 4.69) is 21.2 Å². The van der Waals surface area contributed by atoms with Crippen molar-refractivity contribution in [2.45, 2.75) is 12.6 Å².